The standard InChI is InChI=1S/C25H21N7O2S.C2HF3O2/c1-14(33)31-6-3-16(4-7-31)32-13-15(10-30-32)19-11-29-25(27)24-18(19)8-20(34-24)23-17-2-5-28-12-22(17)35-21(23)9-26;3-2(4,5)1(6)7/h2,5,8,10-13,16H,3-4,6-7H2,1H3,(H2,27,29);(H,6,7). The third-order valence-corrected chi connectivity index (χ3v) is 7.91. The molecule has 6 heterocycles. The summed E-state index contributed by atoms with van der Waals surface area (Å²) in [5, 5.41) is 23.2. The van der Waals surface area contributed by atoms with Gasteiger partial charge in [0.1, 0.15) is 16.7 Å². The van der Waals surface area contributed by atoms with Gasteiger partial charge in [0.2, 0.25) is 5.91 Å². The van der Waals surface area contributed by atoms with Crippen molar-refractivity contribution in [3.63, 3.8) is 0 Å². The van der Waals surface area contributed by atoms with Gasteiger partial charge >= 0.3 is 12.1 Å². The summed E-state index contributed by atoms with van der Waals surface area (Å²) in [5.41, 5.74) is 9.17. The Kier molecular flexibility index (Phi) is 7.57. The number of carbonyl (C=O) groups is 2. The van der Waals surface area contributed by atoms with Crippen LogP contribution in [-0.2, 0) is 9.59 Å². The molecule has 42 heavy (non-hydrogen) atoms. The quantitative estimate of drug-likeness (QED) is 0.283. The van der Waals surface area contributed by atoms with Crippen molar-refractivity contribution in [2.45, 2.75) is 32.0 Å². The first-order valence-electron chi connectivity index (χ1n) is 12.5. The molecule has 0 unspecified atom stereocenters. The van der Waals surface area contributed by atoms with Crippen LogP contribution in [0.25, 0.3) is 43.5 Å². The fourth-order valence-corrected chi connectivity index (χ4v) is 5.77. The van der Waals surface area contributed by atoms with Gasteiger partial charge in [-0.25, -0.2) is 9.78 Å². The Labute approximate surface area is 239 Å². The van der Waals surface area contributed by atoms with Gasteiger partial charge in [-0.15, -0.1) is 11.3 Å². The Balaban J connectivity index is 0.000000451. The first-order chi connectivity index (χ1) is 20.0. The molecule has 1 fully saturated rings. The number of likely N-dealkylation sites (tertiary alicyclic amines) is 1. The Hall–Kier alpha value is -4.97. The summed E-state index contributed by atoms with van der Waals surface area (Å²) in [4.78, 5) is 31.5. The average Bonchev–Trinajstić information content (AvgIpc) is 3.70. The highest BCUT2D eigenvalue weighted by Crippen LogP contribution is 2.42. The van der Waals surface area contributed by atoms with Gasteiger partial charge < -0.3 is 20.2 Å². The molecule has 1 saturated heterocycles. The van der Waals surface area contributed by atoms with Crippen molar-refractivity contribution >= 4 is 50.1 Å². The molecule has 0 radical (unpaired) electrons. The number of aliphatic carboxylic acids is 1. The molecular formula is C27H22F3N7O4S. The van der Waals surface area contributed by atoms with E-state index in [0.29, 0.717) is 22.0 Å². The highest BCUT2D eigenvalue weighted by molar-refractivity contribution is 7.20. The lowest BCUT2D eigenvalue weighted by Gasteiger charge is -2.31. The Morgan fingerprint density at radius 1 is 1.21 bits per heavy atom. The fourth-order valence-electron chi connectivity index (χ4n) is 4.79. The molecule has 1 amide bonds. The molecule has 0 aliphatic carbocycles. The SMILES string of the molecule is CC(=O)N1CCC(n2cc(-c3cnc(N)c4oc(-c5c(C#N)sc6cnccc56)cc34)cn2)CC1.O=C(O)C(F)(F)F. The fraction of sp³-hybridized carbons (Fsp3) is 0.259. The number of nitrogen functional groups attached to an aromatic ring is 1. The summed E-state index contributed by atoms with van der Waals surface area (Å²) < 4.78 is 40.8. The first-order valence-corrected chi connectivity index (χ1v) is 13.3. The second-order valence-corrected chi connectivity index (χ2v) is 10.5. The number of nitrogens with two attached hydrogens (primary N) is 1. The Bertz CT molecular complexity index is 1850. The molecule has 1 aliphatic rings. The number of anilines is 1. The number of piperidine rings is 1. The number of aromatic nitrogens is 4. The summed E-state index contributed by atoms with van der Waals surface area (Å²) in [5.74, 6) is -1.78. The predicted molar refractivity (Wildman–Crippen MR) is 147 cm³/mol. The molecular weight excluding hydrogens is 575 g/mol. The largest absolute Gasteiger partial charge is 0.490 e. The third-order valence-electron chi connectivity index (χ3n) is 6.87. The molecule has 0 aromatic carbocycles. The summed E-state index contributed by atoms with van der Waals surface area (Å²) >= 11 is 1.39. The minimum atomic E-state index is -5.08. The molecule has 0 atom stereocenters. The highest BCUT2D eigenvalue weighted by Gasteiger charge is 2.38. The number of carboxylic acids is 1. The van der Waals surface area contributed by atoms with Crippen LogP contribution >= 0.6 is 11.3 Å². The van der Waals surface area contributed by atoms with Gasteiger partial charge in [-0.05, 0) is 25.0 Å². The minimum absolute atomic E-state index is 0.116. The zero-order valence-corrected chi connectivity index (χ0v) is 22.7. The molecule has 5 aromatic heterocycles. The molecule has 3 N–H and O–H groups in total. The van der Waals surface area contributed by atoms with Crippen molar-refractivity contribution in [2.75, 3.05) is 18.8 Å². The third kappa shape index (κ3) is 5.48. The van der Waals surface area contributed by atoms with Crippen molar-refractivity contribution < 1.29 is 32.3 Å². The summed E-state index contributed by atoms with van der Waals surface area (Å²) in [6.45, 7) is 3.08. The van der Waals surface area contributed by atoms with E-state index in [-0.39, 0.29) is 11.9 Å². The molecule has 0 saturated carbocycles. The number of carboxylic acid groups (broad SMARTS) is 1. The Morgan fingerprint density at radius 2 is 1.93 bits per heavy atom. The number of rotatable bonds is 3. The van der Waals surface area contributed by atoms with Gasteiger partial charge in [0.25, 0.3) is 0 Å². The average molecular weight is 598 g/mol. The molecule has 0 spiro atoms. The number of fused-ring (bicyclic) bond motifs is 2. The smallest absolute Gasteiger partial charge is 0.475 e. The van der Waals surface area contributed by atoms with E-state index in [9.17, 15) is 23.2 Å². The van der Waals surface area contributed by atoms with Crippen LogP contribution in [0.5, 0.6) is 0 Å². The van der Waals surface area contributed by atoms with Crippen molar-refractivity contribution in [2.24, 2.45) is 0 Å². The monoisotopic (exact) mass is 597 g/mol. The normalized spacial score (nSPS) is 14.0. The van der Waals surface area contributed by atoms with E-state index in [0.717, 1.165) is 58.1 Å². The van der Waals surface area contributed by atoms with Gasteiger partial charge in [-0.1, -0.05) is 0 Å². The van der Waals surface area contributed by atoms with Crippen LogP contribution in [0.2, 0.25) is 0 Å². The minimum Gasteiger partial charge on any atom is -0.475 e. The molecule has 15 heteroatoms. The number of nitriles is 1. The van der Waals surface area contributed by atoms with Crippen molar-refractivity contribution in [3.8, 4) is 28.5 Å². The van der Waals surface area contributed by atoms with E-state index >= 15 is 0 Å². The van der Waals surface area contributed by atoms with Gasteiger partial charge in [0.05, 0.1) is 22.5 Å². The number of pyridine rings is 2. The number of carbonyl (C=O) groups excluding carboxylic acids is 1. The van der Waals surface area contributed by atoms with Gasteiger partial charge in [-0.3, -0.25) is 14.5 Å². The number of alkyl halides is 3. The molecule has 5 aromatic rings. The van der Waals surface area contributed by atoms with Crippen LogP contribution in [-0.4, -0.2) is 60.9 Å². The summed E-state index contributed by atoms with van der Waals surface area (Å²) in [7, 11) is 0. The van der Waals surface area contributed by atoms with Crippen molar-refractivity contribution in [1.82, 2.24) is 24.6 Å². The zero-order chi connectivity index (χ0) is 30.2. The van der Waals surface area contributed by atoms with Crippen LogP contribution in [0.1, 0.15) is 30.7 Å². The van der Waals surface area contributed by atoms with Crippen molar-refractivity contribution in [1.29, 1.82) is 5.26 Å². The number of halogens is 3. The van der Waals surface area contributed by atoms with Crippen molar-refractivity contribution in [3.05, 3.63) is 48.0 Å². The maximum absolute atomic E-state index is 11.6. The van der Waals surface area contributed by atoms with Gasteiger partial charge in [0.15, 0.2) is 11.4 Å². The zero-order valence-electron chi connectivity index (χ0n) is 21.9. The molecule has 216 valence electrons. The molecule has 6 rings (SSSR count). The molecule has 0 bridgehead atoms. The summed E-state index contributed by atoms with van der Waals surface area (Å²) in [6, 6.07) is 6.33. The van der Waals surface area contributed by atoms with E-state index in [1.54, 1.807) is 25.5 Å². The van der Waals surface area contributed by atoms with Crippen LogP contribution < -0.4 is 5.73 Å². The maximum Gasteiger partial charge on any atom is 0.490 e. The van der Waals surface area contributed by atoms with E-state index in [1.807, 2.05) is 34.1 Å². The number of hydrogen-bond donors (Lipinski definition) is 2. The number of thiophene rings is 1. The second kappa shape index (κ2) is 11.1. The Morgan fingerprint density at radius 3 is 2.57 bits per heavy atom. The highest BCUT2D eigenvalue weighted by atomic mass is 32.1. The van der Waals surface area contributed by atoms with E-state index < -0.39 is 12.1 Å². The number of hydrogen-bond acceptors (Lipinski definition) is 9. The molecule has 11 nitrogen and oxygen atoms in total. The predicted octanol–water partition coefficient (Wildman–Crippen LogP) is 5.24. The lowest BCUT2D eigenvalue weighted by Crippen LogP contribution is -2.37. The van der Waals surface area contributed by atoms with Crippen LogP contribution in [0.3, 0.4) is 0 Å². The van der Waals surface area contributed by atoms with Gasteiger partial charge in [0, 0.05) is 66.7 Å². The lowest BCUT2D eigenvalue weighted by atomic mass is 10.0. The summed E-state index contributed by atoms with van der Waals surface area (Å²) in [6.07, 6.45) is 5.68. The molecule has 1 aliphatic heterocycles. The van der Waals surface area contributed by atoms with Crippen LogP contribution in [0.15, 0.2) is 47.5 Å². The lowest BCUT2D eigenvalue weighted by molar-refractivity contribution is -0.192. The number of amides is 1. The first kappa shape index (κ1) is 28.6. The topological polar surface area (TPSA) is 164 Å². The second-order valence-electron chi connectivity index (χ2n) is 9.45. The van der Waals surface area contributed by atoms with E-state index in [4.69, 9.17) is 20.1 Å². The van der Waals surface area contributed by atoms with Crippen LogP contribution in [0, 0.1) is 11.3 Å². The number of furan rings is 1. The maximum atomic E-state index is 11.6. The van der Waals surface area contributed by atoms with E-state index in [2.05, 4.69) is 21.1 Å². The van der Waals surface area contributed by atoms with E-state index in [1.165, 1.54) is 11.3 Å². The van der Waals surface area contributed by atoms with Gasteiger partial charge in [-0.2, -0.15) is 23.5 Å². The van der Waals surface area contributed by atoms with Crippen LogP contribution in [0.4, 0.5) is 19.0 Å². The number of nitrogens with zero attached hydrogens (tertiary/aromatic N) is 6.